The van der Waals surface area contributed by atoms with E-state index in [1.807, 2.05) is 37.4 Å². The third-order valence-electron chi connectivity index (χ3n) is 2.71. The summed E-state index contributed by atoms with van der Waals surface area (Å²) in [4.78, 5) is 0. The van der Waals surface area contributed by atoms with E-state index in [-0.39, 0.29) is 0 Å². The van der Waals surface area contributed by atoms with Crippen LogP contribution < -0.4 is 22.5 Å². The lowest BCUT2D eigenvalue weighted by Crippen LogP contribution is -1.97. The second kappa shape index (κ2) is 4.25. The Morgan fingerprint density at radius 3 is 2.24 bits per heavy atom. The summed E-state index contributed by atoms with van der Waals surface area (Å²) in [7, 11) is 1.86. The molecule has 0 unspecified atom stereocenters. The van der Waals surface area contributed by atoms with Gasteiger partial charge in [-0.3, -0.25) is 0 Å². The molecule has 4 nitrogen and oxygen atoms in total. The lowest BCUT2D eigenvalue weighted by Gasteiger charge is -2.11. The number of nitrogen functional groups attached to an aromatic ring is 3. The van der Waals surface area contributed by atoms with Gasteiger partial charge in [-0.1, -0.05) is 6.07 Å². The van der Waals surface area contributed by atoms with Crippen LogP contribution in [0.5, 0.6) is 0 Å². The van der Waals surface area contributed by atoms with E-state index in [0.717, 1.165) is 16.8 Å². The molecule has 17 heavy (non-hydrogen) atoms. The van der Waals surface area contributed by atoms with Crippen LogP contribution in [-0.2, 0) is 0 Å². The minimum Gasteiger partial charge on any atom is -0.399 e. The van der Waals surface area contributed by atoms with Crippen molar-refractivity contribution in [3.05, 3.63) is 36.4 Å². The summed E-state index contributed by atoms with van der Waals surface area (Å²) >= 11 is 0. The third kappa shape index (κ3) is 2.10. The molecule has 2 rings (SSSR count). The van der Waals surface area contributed by atoms with Crippen LogP contribution in [0.3, 0.4) is 0 Å². The minimum atomic E-state index is 0.630. The zero-order valence-corrected chi connectivity index (χ0v) is 9.70. The molecule has 88 valence electrons. The third-order valence-corrected chi connectivity index (χ3v) is 2.71. The monoisotopic (exact) mass is 228 g/mol. The second-order valence-corrected chi connectivity index (χ2v) is 3.90. The first-order chi connectivity index (χ1) is 8.11. The molecule has 0 saturated heterocycles. The Kier molecular flexibility index (Phi) is 2.78. The highest BCUT2D eigenvalue weighted by Crippen LogP contribution is 2.33. The molecule has 0 atom stereocenters. The van der Waals surface area contributed by atoms with Crippen molar-refractivity contribution in [2.24, 2.45) is 0 Å². The highest BCUT2D eigenvalue weighted by atomic mass is 14.8. The van der Waals surface area contributed by atoms with E-state index in [1.165, 1.54) is 0 Å². The molecule has 7 N–H and O–H groups in total. The van der Waals surface area contributed by atoms with E-state index in [0.29, 0.717) is 17.1 Å². The van der Waals surface area contributed by atoms with E-state index in [4.69, 9.17) is 17.2 Å². The van der Waals surface area contributed by atoms with Crippen molar-refractivity contribution in [3.63, 3.8) is 0 Å². The number of hydrogen-bond donors (Lipinski definition) is 4. The smallest absolute Gasteiger partial charge is 0.0415 e. The average Bonchev–Trinajstić information content (AvgIpc) is 2.30. The van der Waals surface area contributed by atoms with E-state index in [2.05, 4.69) is 5.32 Å². The number of nitrogens with two attached hydrogens (primary N) is 3. The Labute approximate surface area is 100 Å². The molecule has 2 aromatic carbocycles. The molecule has 0 saturated carbocycles. The summed E-state index contributed by atoms with van der Waals surface area (Å²) in [5.74, 6) is 0. The standard InChI is InChI=1S/C13H16N4/c1-17-9-3-5-12(15)11(7-9)10-4-2-8(14)6-13(10)16/h2-7,17H,14-16H2,1H3. The van der Waals surface area contributed by atoms with Gasteiger partial charge < -0.3 is 22.5 Å². The maximum absolute atomic E-state index is 5.97. The van der Waals surface area contributed by atoms with Gasteiger partial charge in [-0.25, -0.2) is 0 Å². The van der Waals surface area contributed by atoms with Crippen molar-refractivity contribution in [3.8, 4) is 11.1 Å². The van der Waals surface area contributed by atoms with Gasteiger partial charge in [0.1, 0.15) is 0 Å². The van der Waals surface area contributed by atoms with Crippen LogP contribution in [0.4, 0.5) is 22.7 Å². The zero-order valence-electron chi connectivity index (χ0n) is 9.70. The Morgan fingerprint density at radius 2 is 1.59 bits per heavy atom. The number of nitrogens with one attached hydrogen (secondary N) is 1. The first kappa shape index (κ1) is 11.1. The van der Waals surface area contributed by atoms with E-state index in [1.54, 1.807) is 6.07 Å². The largest absolute Gasteiger partial charge is 0.399 e. The Balaban J connectivity index is 2.59. The lowest BCUT2D eigenvalue weighted by molar-refractivity contribution is 1.50. The predicted octanol–water partition coefficient (Wildman–Crippen LogP) is 2.14. The summed E-state index contributed by atoms with van der Waals surface area (Å²) in [5.41, 5.74) is 22.4. The van der Waals surface area contributed by atoms with Gasteiger partial charge in [-0.15, -0.1) is 0 Å². The molecule has 0 heterocycles. The molecular formula is C13H16N4. The molecule has 0 spiro atoms. The molecule has 0 amide bonds. The van der Waals surface area contributed by atoms with Gasteiger partial charge in [-0.2, -0.15) is 0 Å². The first-order valence-electron chi connectivity index (χ1n) is 5.34. The van der Waals surface area contributed by atoms with Crippen LogP contribution in [-0.4, -0.2) is 7.05 Å². The van der Waals surface area contributed by atoms with Crippen LogP contribution >= 0.6 is 0 Å². The summed E-state index contributed by atoms with van der Waals surface area (Å²) in [6.45, 7) is 0. The topological polar surface area (TPSA) is 90.1 Å². The van der Waals surface area contributed by atoms with Crippen molar-refractivity contribution in [2.75, 3.05) is 29.6 Å². The van der Waals surface area contributed by atoms with Crippen molar-refractivity contribution < 1.29 is 0 Å². The first-order valence-corrected chi connectivity index (χ1v) is 5.34. The molecule has 4 heteroatoms. The molecule has 0 bridgehead atoms. The van der Waals surface area contributed by atoms with Crippen molar-refractivity contribution >= 4 is 22.7 Å². The molecule has 0 fully saturated rings. The highest BCUT2D eigenvalue weighted by molar-refractivity contribution is 5.87. The fourth-order valence-electron chi connectivity index (χ4n) is 1.77. The van der Waals surface area contributed by atoms with E-state index >= 15 is 0 Å². The second-order valence-electron chi connectivity index (χ2n) is 3.90. The van der Waals surface area contributed by atoms with Gasteiger partial charge in [-0.05, 0) is 30.3 Å². The number of hydrogen-bond acceptors (Lipinski definition) is 4. The number of benzene rings is 2. The molecular weight excluding hydrogens is 212 g/mol. The van der Waals surface area contributed by atoms with Crippen LogP contribution in [0.2, 0.25) is 0 Å². The molecule has 0 aliphatic rings. The maximum atomic E-state index is 5.97. The van der Waals surface area contributed by atoms with Gasteiger partial charge in [0.25, 0.3) is 0 Å². The van der Waals surface area contributed by atoms with Crippen molar-refractivity contribution in [1.82, 2.24) is 0 Å². The Morgan fingerprint density at radius 1 is 0.824 bits per heavy atom. The SMILES string of the molecule is CNc1ccc(N)c(-c2ccc(N)cc2N)c1. The summed E-state index contributed by atoms with van der Waals surface area (Å²) in [6.07, 6.45) is 0. The summed E-state index contributed by atoms with van der Waals surface area (Å²) in [5, 5.41) is 3.07. The maximum Gasteiger partial charge on any atom is 0.0415 e. The summed E-state index contributed by atoms with van der Waals surface area (Å²) < 4.78 is 0. The normalized spacial score (nSPS) is 10.2. The van der Waals surface area contributed by atoms with Crippen LogP contribution in [0.25, 0.3) is 11.1 Å². The van der Waals surface area contributed by atoms with Gasteiger partial charge >= 0.3 is 0 Å². The van der Waals surface area contributed by atoms with E-state index in [9.17, 15) is 0 Å². The van der Waals surface area contributed by atoms with Gasteiger partial charge in [0, 0.05) is 40.9 Å². The summed E-state index contributed by atoms with van der Waals surface area (Å²) in [6, 6.07) is 11.2. The fraction of sp³-hybridized carbons (Fsp3) is 0.0769. The molecule has 0 radical (unpaired) electrons. The van der Waals surface area contributed by atoms with Crippen LogP contribution in [0, 0.1) is 0 Å². The van der Waals surface area contributed by atoms with Gasteiger partial charge in [0.2, 0.25) is 0 Å². The number of anilines is 4. The number of rotatable bonds is 2. The molecule has 0 aromatic heterocycles. The highest BCUT2D eigenvalue weighted by Gasteiger charge is 2.07. The Bertz CT molecular complexity index is 549. The average molecular weight is 228 g/mol. The van der Waals surface area contributed by atoms with Crippen LogP contribution in [0.1, 0.15) is 0 Å². The Hall–Kier alpha value is -2.36. The van der Waals surface area contributed by atoms with Crippen LogP contribution in [0.15, 0.2) is 36.4 Å². The van der Waals surface area contributed by atoms with Gasteiger partial charge in [0.15, 0.2) is 0 Å². The van der Waals surface area contributed by atoms with Gasteiger partial charge in [0.05, 0.1) is 0 Å². The minimum absolute atomic E-state index is 0.630. The fourth-order valence-corrected chi connectivity index (χ4v) is 1.77. The molecule has 0 aliphatic carbocycles. The van der Waals surface area contributed by atoms with Crippen molar-refractivity contribution in [2.45, 2.75) is 0 Å². The molecule has 0 aliphatic heterocycles. The zero-order chi connectivity index (χ0) is 12.4. The quantitative estimate of drug-likeness (QED) is 0.593. The predicted molar refractivity (Wildman–Crippen MR) is 74.7 cm³/mol. The van der Waals surface area contributed by atoms with Crippen molar-refractivity contribution in [1.29, 1.82) is 0 Å². The van der Waals surface area contributed by atoms with E-state index < -0.39 is 0 Å². The lowest BCUT2D eigenvalue weighted by atomic mass is 10.0. The molecule has 2 aromatic rings.